The molecule has 2 N–H and O–H groups in total. The van der Waals surface area contributed by atoms with Crippen LogP contribution in [0.3, 0.4) is 0 Å². The zero-order valence-electron chi connectivity index (χ0n) is 17.4. The fourth-order valence-corrected chi connectivity index (χ4v) is 3.70. The minimum atomic E-state index is -0.0961. The van der Waals surface area contributed by atoms with Gasteiger partial charge in [0.2, 0.25) is 5.95 Å². The first-order valence-corrected chi connectivity index (χ1v) is 10.3. The number of urea groups is 1. The molecule has 156 valence electrons. The van der Waals surface area contributed by atoms with E-state index >= 15 is 0 Å². The Balaban J connectivity index is 1.49. The van der Waals surface area contributed by atoms with Gasteiger partial charge in [-0.3, -0.25) is 4.90 Å². The van der Waals surface area contributed by atoms with Crippen molar-refractivity contribution in [2.45, 2.75) is 44.7 Å². The van der Waals surface area contributed by atoms with Crippen molar-refractivity contribution in [3.05, 3.63) is 41.0 Å². The largest absolute Gasteiger partial charge is 0.362 e. The second-order valence-corrected chi connectivity index (χ2v) is 8.21. The van der Waals surface area contributed by atoms with Crippen LogP contribution in [0.1, 0.15) is 31.2 Å². The van der Waals surface area contributed by atoms with Crippen LogP contribution in [-0.4, -0.2) is 49.2 Å². The molecule has 29 heavy (non-hydrogen) atoms. The summed E-state index contributed by atoms with van der Waals surface area (Å²) in [7, 11) is 5.73. The monoisotopic (exact) mass is 416 g/mol. The first kappa shape index (κ1) is 21.2. The van der Waals surface area contributed by atoms with Gasteiger partial charge in [-0.15, -0.1) is 0 Å². The van der Waals surface area contributed by atoms with Crippen molar-refractivity contribution in [2.24, 2.45) is 0 Å². The van der Waals surface area contributed by atoms with Crippen molar-refractivity contribution in [3.8, 4) is 0 Å². The van der Waals surface area contributed by atoms with E-state index in [2.05, 4.69) is 20.6 Å². The van der Waals surface area contributed by atoms with Crippen molar-refractivity contribution in [3.63, 3.8) is 0 Å². The lowest BCUT2D eigenvalue weighted by atomic mass is 9.91. The molecule has 7 nitrogen and oxygen atoms in total. The Hall–Kier alpha value is -2.54. The molecule has 0 radical (unpaired) electrons. The highest BCUT2D eigenvalue weighted by Crippen LogP contribution is 2.23. The first-order chi connectivity index (χ1) is 13.8. The number of benzene rings is 1. The van der Waals surface area contributed by atoms with Gasteiger partial charge in [-0.25, -0.2) is 9.78 Å². The summed E-state index contributed by atoms with van der Waals surface area (Å²) >= 11 is 5.92. The first-order valence-electron chi connectivity index (χ1n) is 9.90. The van der Waals surface area contributed by atoms with Crippen molar-refractivity contribution >= 4 is 35.1 Å². The van der Waals surface area contributed by atoms with Gasteiger partial charge >= 0.3 is 6.03 Å². The van der Waals surface area contributed by atoms with Gasteiger partial charge < -0.3 is 15.5 Å². The minimum Gasteiger partial charge on any atom is -0.362 e. The zero-order valence-corrected chi connectivity index (χ0v) is 18.2. The van der Waals surface area contributed by atoms with E-state index in [0.29, 0.717) is 17.0 Å². The van der Waals surface area contributed by atoms with E-state index in [1.165, 1.54) is 0 Å². The smallest absolute Gasteiger partial charge is 0.321 e. The molecule has 0 atom stereocenters. The summed E-state index contributed by atoms with van der Waals surface area (Å²) in [5.74, 6) is 1.59. The molecule has 1 aliphatic rings. The summed E-state index contributed by atoms with van der Waals surface area (Å²) in [5.41, 5.74) is 1.87. The molecule has 0 bridgehead atoms. The van der Waals surface area contributed by atoms with Gasteiger partial charge in [-0.05, 0) is 56.9 Å². The summed E-state index contributed by atoms with van der Waals surface area (Å²) in [6.45, 7) is 2.01. The van der Waals surface area contributed by atoms with E-state index < -0.39 is 0 Å². The van der Waals surface area contributed by atoms with Gasteiger partial charge in [-0.1, -0.05) is 11.6 Å². The van der Waals surface area contributed by atoms with Gasteiger partial charge in [0.05, 0.1) is 0 Å². The second-order valence-electron chi connectivity index (χ2n) is 7.77. The van der Waals surface area contributed by atoms with Crippen LogP contribution in [0.25, 0.3) is 0 Å². The second kappa shape index (κ2) is 9.31. The molecule has 2 amide bonds. The van der Waals surface area contributed by atoms with Crippen LogP contribution in [0.15, 0.2) is 30.5 Å². The Morgan fingerprint density at radius 2 is 1.69 bits per heavy atom. The van der Waals surface area contributed by atoms with Crippen molar-refractivity contribution in [1.82, 2.24) is 15.3 Å². The molecule has 0 aliphatic heterocycles. The Bertz CT molecular complexity index is 834. The maximum Gasteiger partial charge on any atom is 0.321 e. The minimum absolute atomic E-state index is 0.0961. The Labute approximate surface area is 177 Å². The maximum atomic E-state index is 12.5. The van der Waals surface area contributed by atoms with Gasteiger partial charge in [0.1, 0.15) is 5.82 Å². The topological polar surface area (TPSA) is 73.4 Å². The quantitative estimate of drug-likeness (QED) is 0.768. The third-order valence-corrected chi connectivity index (χ3v) is 5.53. The zero-order chi connectivity index (χ0) is 21.0. The molecular formula is C21H29ClN6O. The Morgan fingerprint density at radius 1 is 1.07 bits per heavy atom. The highest BCUT2D eigenvalue weighted by molar-refractivity contribution is 6.30. The van der Waals surface area contributed by atoms with Crippen LogP contribution in [0, 0.1) is 6.92 Å². The molecule has 2 aromatic rings. The molecule has 1 aliphatic carbocycles. The average molecular weight is 417 g/mol. The molecule has 0 saturated heterocycles. The number of aryl methyl sites for hydroxylation is 1. The van der Waals surface area contributed by atoms with E-state index in [4.69, 9.17) is 11.6 Å². The fraction of sp³-hybridized carbons (Fsp3) is 0.476. The molecule has 0 unspecified atom stereocenters. The number of amides is 2. The maximum absolute atomic E-state index is 12.5. The summed E-state index contributed by atoms with van der Waals surface area (Å²) in [6, 6.07) is 7.64. The molecule has 8 heteroatoms. The number of carbonyl (C=O) groups is 1. The van der Waals surface area contributed by atoms with Crippen LogP contribution >= 0.6 is 11.6 Å². The van der Waals surface area contributed by atoms with E-state index in [1.807, 2.05) is 44.2 Å². The van der Waals surface area contributed by atoms with Crippen LogP contribution in [0.5, 0.6) is 0 Å². The van der Waals surface area contributed by atoms with E-state index in [-0.39, 0.29) is 12.1 Å². The number of rotatable bonds is 5. The normalized spacial score (nSPS) is 18.8. The molecule has 0 spiro atoms. The molecule has 3 rings (SSSR count). The Kier molecular flexibility index (Phi) is 6.79. The van der Waals surface area contributed by atoms with Crippen LogP contribution in [0.4, 0.5) is 22.2 Å². The lowest BCUT2D eigenvalue weighted by Crippen LogP contribution is -2.45. The average Bonchev–Trinajstić information content (AvgIpc) is 2.70. The lowest BCUT2D eigenvalue weighted by molar-refractivity contribution is 0.238. The van der Waals surface area contributed by atoms with Crippen molar-refractivity contribution in [2.75, 3.05) is 36.3 Å². The predicted octanol–water partition coefficient (Wildman–Crippen LogP) is 4.07. The van der Waals surface area contributed by atoms with Gasteiger partial charge in [0, 0.05) is 55.7 Å². The van der Waals surface area contributed by atoms with E-state index in [9.17, 15) is 4.79 Å². The highest BCUT2D eigenvalue weighted by Gasteiger charge is 2.24. The van der Waals surface area contributed by atoms with Gasteiger partial charge in [0.15, 0.2) is 0 Å². The third-order valence-electron chi connectivity index (χ3n) is 5.28. The Morgan fingerprint density at radius 3 is 2.31 bits per heavy atom. The number of aromatic nitrogens is 2. The number of halogens is 1. The van der Waals surface area contributed by atoms with Crippen LogP contribution in [-0.2, 0) is 0 Å². The number of carbonyl (C=O) groups excluding carboxylic acids is 1. The third kappa shape index (κ3) is 5.50. The molecular weight excluding hydrogens is 388 g/mol. The lowest BCUT2D eigenvalue weighted by Gasteiger charge is -2.31. The molecule has 1 fully saturated rings. The summed E-state index contributed by atoms with van der Waals surface area (Å²) in [5, 5.41) is 7.24. The number of hydrogen-bond acceptors (Lipinski definition) is 5. The van der Waals surface area contributed by atoms with Gasteiger partial charge in [-0.2, -0.15) is 4.98 Å². The molecule has 1 heterocycles. The molecule has 1 aromatic carbocycles. The van der Waals surface area contributed by atoms with Crippen molar-refractivity contribution < 1.29 is 4.79 Å². The molecule has 1 aromatic heterocycles. The number of nitrogens with one attached hydrogen (secondary N) is 2. The van der Waals surface area contributed by atoms with Gasteiger partial charge in [0.25, 0.3) is 0 Å². The highest BCUT2D eigenvalue weighted by atomic mass is 35.5. The summed E-state index contributed by atoms with van der Waals surface area (Å²) in [4.78, 5) is 25.2. The molecule has 1 saturated carbocycles. The summed E-state index contributed by atoms with van der Waals surface area (Å²) in [6.07, 6.45) is 5.62. The van der Waals surface area contributed by atoms with E-state index in [0.717, 1.165) is 42.8 Å². The van der Waals surface area contributed by atoms with Crippen LogP contribution in [0.2, 0.25) is 5.02 Å². The number of hydrogen-bond donors (Lipinski definition) is 2. The number of anilines is 3. The van der Waals surface area contributed by atoms with Crippen LogP contribution < -0.4 is 20.4 Å². The summed E-state index contributed by atoms with van der Waals surface area (Å²) < 4.78 is 0. The fourth-order valence-electron chi connectivity index (χ4n) is 3.57. The standard InChI is InChI=1S/C21H29ClN6O/c1-14-13-23-20(26-19(14)27(2)3)24-16-7-9-17(10-8-16)25-21(29)28(4)18-11-5-15(22)6-12-18/h5-6,11-13,16-17H,7-10H2,1-4H3,(H,25,29)(H,23,24,26). The SMILES string of the molecule is Cc1cnc(NC2CCC(NC(=O)N(C)c3ccc(Cl)cc3)CC2)nc1N(C)C. The van der Waals surface area contributed by atoms with Crippen molar-refractivity contribution in [1.29, 1.82) is 0 Å². The predicted molar refractivity (Wildman–Crippen MR) is 119 cm³/mol. The van der Waals surface area contributed by atoms with E-state index in [1.54, 1.807) is 24.1 Å². The number of nitrogens with zero attached hydrogens (tertiary/aromatic N) is 4.